The lowest BCUT2D eigenvalue weighted by Gasteiger charge is -2.02. The van der Waals surface area contributed by atoms with Gasteiger partial charge in [-0.25, -0.2) is 4.98 Å². The first-order valence-electron chi connectivity index (χ1n) is 6.05. The number of amides is 1. The third kappa shape index (κ3) is 2.82. The molecule has 102 valence electrons. The minimum Gasteiger partial charge on any atom is -0.346 e. The summed E-state index contributed by atoms with van der Waals surface area (Å²) in [6.45, 7) is 2.63. The largest absolute Gasteiger partial charge is 0.346 e. The number of aryl methyl sites for hydroxylation is 1. The maximum Gasteiger partial charge on any atom is 0.263 e. The second-order valence-corrected chi connectivity index (χ2v) is 7.20. The van der Waals surface area contributed by atoms with Gasteiger partial charge in [0.05, 0.1) is 17.6 Å². The molecule has 3 aromatic heterocycles. The molecule has 6 heteroatoms. The zero-order chi connectivity index (χ0) is 13.9. The molecule has 0 spiro atoms. The number of hydrogen-bond donors (Lipinski definition) is 1. The number of carbonyl (C=O) groups excluding carboxylic acids is 1. The maximum absolute atomic E-state index is 12.1. The van der Waals surface area contributed by atoms with Gasteiger partial charge in [-0.1, -0.05) is 6.07 Å². The third-order valence-electron chi connectivity index (χ3n) is 2.84. The SMILES string of the molecule is Cc1ccsc1CNC(=O)c1cnc(-c2cccs2)s1. The lowest BCUT2D eigenvalue weighted by Crippen LogP contribution is -2.21. The van der Waals surface area contributed by atoms with Crippen LogP contribution < -0.4 is 5.32 Å². The fourth-order valence-electron chi connectivity index (χ4n) is 1.73. The molecule has 0 aliphatic carbocycles. The minimum atomic E-state index is -0.0573. The van der Waals surface area contributed by atoms with Gasteiger partial charge in [0.2, 0.25) is 0 Å². The standard InChI is InChI=1S/C14H12N2OS3/c1-9-4-6-19-11(9)7-15-13(17)12-8-16-14(20-12)10-3-2-5-18-10/h2-6,8H,7H2,1H3,(H,15,17). The Morgan fingerprint density at radius 3 is 2.90 bits per heavy atom. The van der Waals surface area contributed by atoms with Crippen molar-refractivity contribution in [2.45, 2.75) is 13.5 Å². The van der Waals surface area contributed by atoms with Gasteiger partial charge < -0.3 is 5.32 Å². The van der Waals surface area contributed by atoms with Crippen molar-refractivity contribution in [1.29, 1.82) is 0 Å². The third-order valence-corrected chi connectivity index (χ3v) is 5.90. The topological polar surface area (TPSA) is 42.0 Å². The van der Waals surface area contributed by atoms with Crippen molar-refractivity contribution in [3.05, 3.63) is 50.5 Å². The molecule has 0 bridgehead atoms. The number of nitrogens with zero attached hydrogens (tertiary/aromatic N) is 1. The zero-order valence-corrected chi connectivity index (χ0v) is 13.2. The van der Waals surface area contributed by atoms with E-state index in [4.69, 9.17) is 0 Å². The van der Waals surface area contributed by atoms with Crippen molar-refractivity contribution < 1.29 is 4.79 Å². The van der Waals surface area contributed by atoms with E-state index in [0.717, 1.165) is 9.88 Å². The Morgan fingerprint density at radius 1 is 1.30 bits per heavy atom. The maximum atomic E-state index is 12.1. The lowest BCUT2D eigenvalue weighted by atomic mass is 10.3. The molecule has 0 saturated heterocycles. The van der Waals surface area contributed by atoms with Gasteiger partial charge in [-0.05, 0) is 35.4 Å². The summed E-state index contributed by atoms with van der Waals surface area (Å²) in [4.78, 5) is 19.4. The van der Waals surface area contributed by atoms with Crippen LogP contribution >= 0.6 is 34.0 Å². The van der Waals surface area contributed by atoms with E-state index in [-0.39, 0.29) is 5.91 Å². The van der Waals surface area contributed by atoms with Crippen LogP contribution in [0.5, 0.6) is 0 Å². The van der Waals surface area contributed by atoms with Gasteiger partial charge >= 0.3 is 0 Å². The van der Waals surface area contributed by atoms with Gasteiger partial charge in [0.1, 0.15) is 9.88 Å². The van der Waals surface area contributed by atoms with E-state index in [1.807, 2.05) is 22.9 Å². The molecule has 3 nitrogen and oxygen atoms in total. The minimum absolute atomic E-state index is 0.0573. The van der Waals surface area contributed by atoms with Crippen LogP contribution in [0.25, 0.3) is 9.88 Å². The van der Waals surface area contributed by atoms with Crippen molar-refractivity contribution in [2.24, 2.45) is 0 Å². The summed E-state index contributed by atoms with van der Waals surface area (Å²) < 4.78 is 0. The summed E-state index contributed by atoms with van der Waals surface area (Å²) in [5.41, 5.74) is 1.22. The molecule has 0 fully saturated rings. The van der Waals surface area contributed by atoms with Crippen LogP contribution in [0.2, 0.25) is 0 Å². The normalized spacial score (nSPS) is 10.7. The Hall–Kier alpha value is -1.50. The second kappa shape index (κ2) is 5.87. The molecule has 3 heterocycles. The molecule has 0 atom stereocenters. The fourth-order valence-corrected chi connectivity index (χ4v) is 4.21. The molecule has 3 rings (SSSR count). The predicted octanol–water partition coefficient (Wildman–Crippen LogP) is 4.17. The van der Waals surface area contributed by atoms with Crippen molar-refractivity contribution in [3.8, 4) is 9.88 Å². The van der Waals surface area contributed by atoms with Crippen LogP contribution in [-0.2, 0) is 6.54 Å². The highest BCUT2D eigenvalue weighted by Gasteiger charge is 2.12. The first kappa shape index (κ1) is 13.5. The van der Waals surface area contributed by atoms with Crippen molar-refractivity contribution in [1.82, 2.24) is 10.3 Å². The molecule has 0 aromatic carbocycles. The summed E-state index contributed by atoms with van der Waals surface area (Å²) in [6.07, 6.45) is 1.65. The van der Waals surface area contributed by atoms with E-state index < -0.39 is 0 Å². The molecule has 1 amide bonds. The van der Waals surface area contributed by atoms with Crippen molar-refractivity contribution in [3.63, 3.8) is 0 Å². The Balaban J connectivity index is 1.67. The van der Waals surface area contributed by atoms with E-state index in [2.05, 4.69) is 23.3 Å². The van der Waals surface area contributed by atoms with E-state index in [0.29, 0.717) is 11.4 Å². The van der Waals surface area contributed by atoms with Crippen LogP contribution in [0.4, 0.5) is 0 Å². The molecular weight excluding hydrogens is 308 g/mol. The molecule has 0 aliphatic heterocycles. The van der Waals surface area contributed by atoms with E-state index in [1.54, 1.807) is 28.9 Å². The molecule has 0 radical (unpaired) electrons. The summed E-state index contributed by atoms with van der Waals surface area (Å²) in [7, 11) is 0. The monoisotopic (exact) mass is 320 g/mol. The number of thiazole rings is 1. The number of carbonyl (C=O) groups is 1. The summed E-state index contributed by atoms with van der Waals surface area (Å²) in [5.74, 6) is -0.0573. The first-order valence-corrected chi connectivity index (χ1v) is 8.62. The van der Waals surface area contributed by atoms with Crippen LogP contribution in [0, 0.1) is 6.92 Å². The smallest absolute Gasteiger partial charge is 0.263 e. The van der Waals surface area contributed by atoms with Crippen LogP contribution in [0.3, 0.4) is 0 Å². The highest BCUT2D eigenvalue weighted by atomic mass is 32.1. The Labute approximate surface area is 128 Å². The lowest BCUT2D eigenvalue weighted by molar-refractivity contribution is 0.0955. The fraction of sp³-hybridized carbons (Fsp3) is 0.143. The summed E-state index contributed by atoms with van der Waals surface area (Å²) in [5, 5.41) is 7.90. The van der Waals surface area contributed by atoms with Crippen molar-refractivity contribution >= 4 is 39.9 Å². The van der Waals surface area contributed by atoms with Gasteiger partial charge in [-0.2, -0.15) is 0 Å². The highest BCUT2D eigenvalue weighted by molar-refractivity contribution is 7.22. The van der Waals surface area contributed by atoms with E-state index >= 15 is 0 Å². The highest BCUT2D eigenvalue weighted by Crippen LogP contribution is 2.28. The van der Waals surface area contributed by atoms with Crippen LogP contribution in [0.1, 0.15) is 20.1 Å². The Bertz CT molecular complexity index is 712. The molecule has 3 aromatic rings. The Morgan fingerprint density at radius 2 is 2.20 bits per heavy atom. The van der Waals surface area contributed by atoms with E-state index in [1.165, 1.54) is 21.8 Å². The van der Waals surface area contributed by atoms with Gasteiger partial charge in [0, 0.05) is 4.88 Å². The van der Waals surface area contributed by atoms with Gasteiger partial charge in [-0.3, -0.25) is 4.79 Å². The quantitative estimate of drug-likeness (QED) is 0.784. The van der Waals surface area contributed by atoms with Crippen molar-refractivity contribution in [2.75, 3.05) is 0 Å². The molecule has 20 heavy (non-hydrogen) atoms. The molecule has 1 N–H and O–H groups in total. The molecule has 0 aliphatic rings. The average Bonchev–Trinajstić information content (AvgIpc) is 3.17. The molecular formula is C14H12N2OS3. The first-order chi connectivity index (χ1) is 9.74. The molecule has 0 saturated carbocycles. The number of nitrogens with one attached hydrogen (secondary N) is 1. The summed E-state index contributed by atoms with van der Waals surface area (Å²) in [6, 6.07) is 6.06. The summed E-state index contributed by atoms with van der Waals surface area (Å²) >= 11 is 4.73. The van der Waals surface area contributed by atoms with Crippen LogP contribution in [0.15, 0.2) is 35.2 Å². The zero-order valence-electron chi connectivity index (χ0n) is 10.8. The van der Waals surface area contributed by atoms with Gasteiger partial charge in [0.15, 0.2) is 0 Å². The van der Waals surface area contributed by atoms with Gasteiger partial charge in [0.25, 0.3) is 5.91 Å². The number of rotatable bonds is 4. The second-order valence-electron chi connectivity index (χ2n) is 4.22. The number of hydrogen-bond acceptors (Lipinski definition) is 5. The predicted molar refractivity (Wildman–Crippen MR) is 85.7 cm³/mol. The van der Waals surface area contributed by atoms with Crippen LogP contribution in [-0.4, -0.2) is 10.9 Å². The number of aromatic nitrogens is 1. The molecule has 0 unspecified atom stereocenters. The van der Waals surface area contributed by atoms with Gasteiger partial charge in [-0.15, -0.1) is 34.0 Å². The average molecular weight is 320 g/mol. The number of thiophene rings is 2. The van der Waals surface area contributed by atoms with E-state index in [9.17, 15) is 4.79 Å². The Kier molecular flexibility index (Phi) is 3.95.